The van der Waals surface area contributed by atoms with Crippen LogP contribution in [0.3, 0.4) is 0 Å². The predicted molar refractivity (Wildman–Crippen MR) is 61.9 cm³/mol. The van der Waals surface area contributed by atoms with Gasteiger partial charge in [-0.1, -0.05) is 18.8 Å². The van der Waals surface area contributed by atoms with Crippen molar-refractivity contribution in [2.24, 2.45) is 0 Å². The minimum Gasteiger partial charge on any atom is -0.478 e. The van der Waals surface area contributed by atoms with E-state index < -0.39 is 11.9 Å². The summed E-state index contributed by atoms with van der Waals surface area (Å²) in [5.41, 5.74) is 0.237. The van der Waals surface area contributed by atoms with Crippen LogP contribution in [0.5, 0.6) is 0 Å². The highest BCUT2D eigenvalue weighted by Crippen LogP contribution is 2.17. The minimum atomic E-state index is -1.12. The Labute approximate surface area is 97.9 Å². The molecule has 0 saturated heterocycles. The number of thiocarbonyl (C=S) groups is 1. The van der Waals surface area contributed by atoms with Gasteiger partial charge in [0.25, 0.3) is 0 Å². The fraction of sp³-hybridized carbons (Fsp3) is 0.182. The highest BCUT2D eigenvalue weighted by atomic mass is 32.1. The molecule has 0 unspecified atom stereocenters. The van der Waals surface area contributed by atoms with E-state index in [-0.39, 0.29) is 23.3 Å². The van der Waals surface area contributed by atoms with Gasteiger partial charge in [-0.3, -0.25) is 0 Å². The molecule has 0 aliphatic heterocycles. The van der Waals surface area contributed by atoms with Crippen molar-refractivity contribution in [1.82, 2.24) is 0 Å². The molecule has 0 aromatic heterocycles. The number of carbonyl (C=O) groups is 2. The van der Waals surface area contributed by atoms with Crippen LogP contribution in [0.4, 0.5) is 0 Å². The monoisotopic (exact) mass is 238 g/mol. The zero-order valence-electron chi connectivity index (χ0n) is 8.65. The average Bonchev–Trinajstić information content (AvgIpc) is 2.20. The number of ether oxygens (including phenoxy) is 1. The van der Waals surface area contributed by atoms with Gasteiger partial charge in [0, 0.05) is 16.9 Å². The molecule has 0 bridgehead atoms. The highest BCUT2D eigenvalue weighted by Gasteiger charge is 2.19. The Morgan fingerprint density at radius 2 is 2.19 bits per heavy atom. The van der Waals surface area contributed by atoms with Crippen LogP contribution in [0.15, 0.2) is 35.6 Å². The van der Waals surface area contributed by atoms with E-state index in [4.69, 9.17) is 22.1 Å². The molecule has 0 fully saturated rings. The molecule has 1 N–H and O–H groups in total. The molecular weight excluding hydrogens is 228 g/mol. The van der Waals surface area contributed by atoms with Crippen molar-refractivity contribution in [2.75, 3.05) is 0 Å². The number of carboxylic acid groups (broad SMARTS) is 1. The molecule has 1 rings (SSSR count). The number of hydrogen-bond acceptors (Lipinski definition) is 4. The maximum atomic E-state index is 11.2. The summed E-state index contributed by atoms with van der Waals surface area (Å²) in [5.74, 6) is -1.51. The van der Waals surface area contributed by atoms with Crippen molar-refractivity contribution in [1.29, 1.82) is 0 Å². The number of carbonyl (C=O) groups excluding carboxylic acids is 1. The van der Waals surface area contributed by atoms with Gasteiger partial charge in [-0.05, 0) is 19.1 Å². The smallest absolute Gasteiger partial charge is 0.338 e. The fourth-order valence-corrected chi connectivity index (χ4v) is 1.26. The van der Waals surface area contributed by atoms with E-state index in [9.17, 15) is 9.59 Å². The zero-order valence-corrected chi connectivity index (χ0v) is 9.47. The Kier molecular flexibility index (Phi) is 3.73. The van der Waals surface area contributed by atoms with E-state index in [1.165, 1.54) is 13.0 Å². The van der Waals surface area contributed by atoms with Gasteiger partial charge in [-0.15, -0.1) is 0 Å². The zero-order chi connectivity index (χ0) is 12.3. The number of carboxylic acids is 1. The average molecular weight is 238 g/mol. The summed E-state index contributed by atoms with van der Waals surface area (Å²) in [6, 6.07) is 0. The molecule has 1 aliphatic carbocycles. The van der Waals surface area contributed by atoms with E-state index in [0.29, 0.717) is 4.86 Å². The molecule has 0 saturated carbocycles. The van der Waals surface area contributed by atoms with Crippen molar-refractivity contribution in [3.05, 3.63) is 35.6 Å². The molecule has 0 atom stereocenters. The van der Waals surface area contributed by atoms with Crippen LogP contribution in [-0.4, -0.2) is 21.9 Å². The third kappa shape index (κ3) is 2.87. The van der Waals surface area contributed by atoms with Gasteiger partial charge < -0.3 is 9.84 Å². The molecule has 0 heterocycles. The predicted octanol–water partition coefficient (Wildman–Crippen LogP) is 1.77. The Morgan fingerprint density at radius 3 is 2.69 bits per heavy atom. The molecule has 0 aromatic rings. The van der Waals surface area contributed by atoms with Crippen molar-refractivity contribution in [3.8, 4) is 0 Å². The molecule has 0 amide bonds. The highest BCUT2D eigenvalue weighted by molar-refractivity contribution is 7.81. The number of rotatable bonds is 3. The maximum absolute atomic E-state index is 11.2. The van der Waals surface area contributed by atoms with Crippen molar-refractivity contribution >= 4 is 29.0 Å². The second-order valence-electron chi connectivity index (χ2n) is 3.27. The van der Waals surface area contributed by atoms with Crippen LogP contribution in [0.2, 0.25) is 0 Å². The lowest BCUT2D eigenvalue weighted by atomic mass is 10.0. The first-order valence-corrected chi connectivity index (χ1v) is 4.88. The molecule has 0 radical (unpaired) electrons. The second kappa shape index (κ2) is 4.85. The third-order valence-electron chi connectivity index (χ3n) is 1.87. The lowest BCUT2D eigenvalue weighted by Crippen LogP contribution is -2.15. The van der Waals surface area contributed by atoms with Gasteiger partial charge in [-0.25, -0.2) is 9.59 Å². The molecule has 5 heteroatoms. The van der Waals surface area contributed by atoms with Gasteiger partial charge >= 0.3 is 11.9 Å². The minimum absolute atomic E-state index is 0.0120. The lowest BCUT2D eigenvalue weighted by Gasteiger charge is -2.12. The van der Waals surface area contributed by atoms with Gasteiger partial charge in [0.1, 0.15) is 5.76 Å². The van der Waals surface area contributed by atoms with Crippen molar-refractivity contribution in [3.63, 3.8) is 0 Å². The summed E-state index contributed by atoms with van der Waals surface area (Å²) >= 11 is 4.87. The molecule has 84 valence electrons. The standard InChI is InChI=1S/C11H10O4S/c1-6(2)11(14)15-7-3-4-9(16)8(5-7)10(12)13/h3,5H,1,4H2,2H3,(H,12,13). The summed E-state index contributed by atoms with van der Waals surface area (Å²) in [7, 11) is 0. The van der Waals surface area contributed by atoms with E-state index in [1.54, 1.807) is 6.08 Å². The quantitative estimate of drug-likeness (QED) is 0.461. The van der Waals surface area contributed by atoms with E-state index in [1.807, 2.05) is 0 Å². The van der Waals surface area contributed by atoms with Crippen LogP contribution in [-0.2, 0) is 14.3 Å². The van der Waals surface area contributed by atoms with Gasteiger partial charge in [0.05, 0.1) is 5.57 Å². The maximum Gasteiger partial charge on any atom is 0.338 e. The van der Waals surface area contributed by atoms with Gasteiger partial charge in [0.15, 0.2) is 0 Å². The first-order valence-electron chi connectivity index (χ1n) is 4.48. The van der Waals surface area contributed by atoms with Crippen LogP contribution in [0.25, 0.3) is 0 Å². The molecular formula is C11H10O4S. The summed E-state index contributed by atoms with van der Waals surface area (Å²) < 4.78 is 4.90. The number of aliphatic carboxylic acids is 1. The number of esters is 1. The SMILES string of the molecule is C=C(C)C(=O)OC1=CCC(=S)C(C(=O)O)=C1. The summed E-state index contributed by atoms with van der Waals surface area (Å²) in [6.45, 7) is 4.94. The fourth-order valence-electron chi connectivity index (χ4n) is 1.03. The number of hydrogen-bond donors (Lipinski definition) is 1. The largest absolute Gasteiger partial charge is 0.478 e. The van der Waals surface area contributed by atoms with Crippen molar-refractivity contribution < 1.29 is 19.4 Å². The summed E-state index contributed by atoms with van der Waals surface area (Å²) in [6.07, 6.45) is 3.09. The molecule has 4 nitrogen and oxygen atoms in total. The van der Waals surface area contributed by atoms with Crippen LogP contribution >= 0.6 is 12.2 Å². The first-order chi connectivity index (χ1) is 7.41. The number of allylic oxidation sites excluding steroid dienone is 2. The lowest BCUT2D eigenvalue weighted by molar-refractivity contribution is -0.135. The van der Waals surface area contributed by atoms with Crippen LogP contribution < -0.4 is 0 Å². The Morgan fingerprint density at radius 1 is 1.56 bits per heavy atom. The summed E-state index contributed by atoms with van der Waals surface area (Å²) in [4.78, 5) is 22.3. The molecule has 0 spiro atoms. The van der Waals surface area contributed by atoms with Crippen LogP contribution in [0, 0.1) is 0 Å². The Hall–Kier alpha value is -1.75. The third-order valence-corrected chi connectivity index (χ3v) is 2.25. The van der Waals surface area contributed by atoms with E-state index in [0.717, 1.165) is 0 Å². The van der Waals surface area contributed by atoms with Crippen molar-refractivity contribution in [2.45, 2.75) is 13.3 Å². The van der Waals surface area contributed by atoms with E-state index >= 15 is 0 Å². The van der Waals surface area contributed by atoms with Crippen LogP contribution in [0.1, 0.15) is 13.3 Å². The Balaban J connectivity index is 2.86. The summed E-state index contributed by atoms with van der Waals surface area (Å²) in [5, 5.41) is 8.83. The topological polar surface area (TPSA) is 63.6 Å². The molecule has 1 aliphatic rings. The molecule has 0 aromatic carbocycles. The van der Waals surface area contributed by atoms with E-state index in [2.05, 4.69) is 6.58 Å². The Bertz CT molecular complexity index is 443. The second-order valence-corrected chi connectivity index (χ2v) is 3.76. The van der Waals surface area contributed by atoms with Gasteiger partial charge in [-0.2, -0.15) is 0 Å². The van der Waals surface area contributed by atoms with Gasteiger partial charge in [0.2, 0.25) is 0 Å². The first kappa shape index (κ1) is 12.3. The normalized spacial score (nSPS) is 14.9. The molecule has 16 heavy (non-hydrogen) atoms.